The van der Waals surface area contributed by atoms with Gasteiger partial charge in [0.1, 0.15) is 5.82 Å². The van der Waals surface area contributed by atoms with E-state index in [1.807, 2.05) is 25.1 Å². The summed E-state index contributed by atoms with van der Waals surface area (Å²) >= 11 is 6.12. The molecule has 0 spiro atoms. The number of fused-ring (bicyclic) bond motifs is 1. The summed E-state index contributed by atoms with van der Waals surface area (Å²) in [7, 11) is 0. The van der Waals surface area contributed by atoms with Gasteiger partial charge in [0.2, 0.25) is 11.2 Å². The predicted octanol–water partition coefficient (Wildman–Crippen LogP) is 2.70. The van der Waals surface area contributed by atoms with Gasteiger partial charge in [-0.1, -0.05) is 12.1 Å². The van der Waals surface area contributed by atoms with Crippen LogP contribution in [0.25, 0.3) is 10.9 Å². The zero-order valence-electron chi connectivity index (χ0n) is 12.8. The maximum Gasteiger partial charge on any atom is 0.224 e. The number of nitrogens with one attached hydrogen (secondary N) is 1. The summed E-state index contributed by atoms with van der Waals surface area (Å²) in [6.45, 7) is 5.23. The number of benzene rings is 1. The number of hydrogen-bond donors (Lipinski definition) is 1. The molecule has 1 aromatic heterocycles. The van der Waals surface area contributed by atoms with Crippen molar-refractivity contribution in [1.29, 1.82) is 0 Å². The van der Waals surface area contributed by atoms with Gasteiger partial charge in [-0.05, 0) is 43.0 Å². The molecule has 2 heterocycles. The monoisotopic (exact) mass is 318 g/mol. The van der Waals surface area contributed by atoms with E-state index in [1.54, 1.807) is 6.92 Å². The minimum absolute atomic E-state index is 0.00766. The lowest BCUT2D eigenvalue weighted by molar-refractivity contribution is -0.119. The summed E-state index contributed by atoms with van der Waals surface area (Å²) in [6.07, 6.45) is 2.01. The number of aryl methyl sites for hydroxylation is 1. The highest BCUT2D eigenvalue weighted by molar-refractivity contribution is 6.28. The fraction of sp³-hybridized carbons (Fsp3) is 0.438. The fourth-order valence-electron chi connectivity index (χ4n) is 3.07. The van der Waals surface area contributed by atoms with Crippen LogP contribution in [0.3, 0.4) is 0 Å². The Morgan fingerprint density at radius 3 is 3.00 bits per heavy atom. The third-order valence-corrected chi connectivity index (χ3v) is 4.18. The van der Waals surface area contributed by atoms with E-state index in [2.05, 4.69) is 20.2 Å². The van der Waals surface area contributed by atoms with Gasteiger partial charge in [0.05, 0.1) is 5.52 Å². The molecule has 5 nitrogen and oxygen atoms in total. The second-order valence-electron chi connectivity index (χ2n) is 5.77. The smallest absolute Gasteiger partial charge is 0.224 e. The van der Waals surface area contributed by atoms with Gasteiger partial charge in [-0.25, -0.2) is 4.98 Å². The second kappa shape index (κ2) is 6.08. The molecular weight excluding hydrogens is 300 g/mol. The number of aromatic nitrogens is 2. The number of carbonyl (C=O) groups is 1. The molecule has 1 fully saturated rings. The first-order valence-electron chi connectivity index (χ1n) is 7.49. The Morgan fingerprint density at radius 2 is 2.23 bits per heavy atom. The zero-order chi connectivity index (χ0) is 15.7. The van der Waals surface area contributed by atoms with Crippen LogP contribution in [0.15, 0.2) is 18.2 Å². The molecule has 0 saturated carbocycles. The van der Waals surface area contributed by atoms with Gasteiger partial charge in [-0.3, -0.25) is 4.79 Å². The molecule has 0 bridgehead atoms. The van der Waals surface area contributed by atoms with Crippen molar-refractivity contribution >= 4 is 34.2 Å². The van der Waals surface area contributed by atoms with Crippen LogP contribution in [0.4, 0.5) is 5.82 Å². The zero-order valence-corrected chi connectivity index (χ0v) is 13.5. The van der Waals surface area contributed by atoms with Gasteiger partial charge in [-0.15, -0.1) is 0 Å². The van der Waals surface area contributed by atoms with Crippen molar-refractivity contribution in [2.75, 3.05) is 18.0 Å². The molecule has 1 aliphatic rings. The van der Waals surface area contributed by atoms with Gasteiger partial charge < -0.3 is 10.2 Å². The van der Waals surface area contributed by atoms with E-state index in [0.717, 1.165) is 48.2 Å². The minimum atomic E-state index is 0.00766. The highest BCUT2D eigenvalue weighted by atomic mass is 35.5. The normalized spacial score (nSPS) is 18.5. The molecule has 0 radical (unpaired) electrons. The number of carbonyl (C=O) groups excluding carboxylic acids is 1. The quantitative estimate of drug-likeness (QED) is 0.865. The highest BCUT2D eigenvalue weighted by Crippen LogP contribution is 2.29. The first-order valence-corrected chi connectivity index (χ1v) is 7.87. The third-order valence-electron chi connectivity index (χ3n) is 4.01. The molecule has 1 unspecified atom stereocenters. The van der Waals surface area contributed by atoms with Crippen molar-refractivity contribution in [3.8, 4) is 0 Å². The molecule has 1 aliphatic heterocycles. The van der Waals surface area contributed by atoms with Gasteiger partial charge in [0.25, 0.3) is 0 Å². The van der Waals surface area contributed by atoms with Gasteiger partial charge in [-0.2, -0.15) is 4.98 Å². The van der Waals surface area contributed by atoms with E-state index in [0.29, 0.717) is 0 Å². The van der Waals surface area contributed by atoms with E-state index in [9.17, 15) is 4.79 Å². The highest BCUT2D eigenvalue weighted by Gasteiger charge is 2.23. The Balaban J connectivity index is 1.98. The first-order chi connectivity index (χ1) is 10.5. The molecule has 3 rings (SSSR count). The molecule has 1 amide bonds. The summed E-state index contributed by atoms with van der Waals surface area (Å²) in [5.74, 6) is 0.863. The van der Waals surface area contributed by atoms with Crippen LogP contribution >= 0.6 is 11.6 Å². The number of halogens is 1. The van der Waals surface area contributed by atoms with E-state index in [-0.39, 0.29) is 17.2 Å². The van der Waals surface area contributed by atoms with Crippen LogP contribution in [0, 0.1) is 6.92 Å². The third kappa shape index (κ3) is 2.99. The summed E-state index contributed by atoms with van der Waals surface area (Å²) < 4.78 is 0. The lowest BCUT2D eigenvalue weighted by Gasteiger charge is -2.34. The Hall–Kier alpha value is -1.88. The maximum absolute atomic E-state index is 11.3. The molecule has 1 atom stereocenters. The topological polar surface area (TPSA) is 58.1 Å². The van der Waals surface area contributed by atoms with Crippen molar-refractivity contribution in [2.45, 2.75) is 32.7 Å². The van der Waals surface area contributed by atoms with Crippen molar-refractivity contribution in [3.63, 3.8) is 0 Å². The number of nitrogens with zero attached hydrogens (tertiary/aromatic N) is 3. The van der Waals surface area contributed by atoms with Crippen molar-refractivity contribution in [1.82, 2.24) is 15.3 Å². The Morgan fingerprint density at radius 1 is 1.41 bits per heavy atom. The fourth-order valence-corrected chi connectivity index (χ4v) is 3.23. The van der Waals surface area contributed by atoms with E-state index in [1.165, 1.54) is 0 Å². The number of hydrogen-bond acceptors (Lipinski definition) is 4. The number of piperidine rings is 1. The van der Waals surface area contributed by atoms with Crippen molar-refractivity contribution in [2.24, 2.45) is 0 Å². The lowest BCUT2D eigenvalue weighted by Crippen LogP contribution is -2.47. The lowest BCUT2D eigenvalue weighted by atomic mass is 10.0. The largest absolute Gasteiger partial charge is 0.354 e. The standard InChI is InChI=1S/C16H19ClN4O/c1-10-5-3-7-13-14(10)19-16(17)20-15(13)21-8-4-6-12(9-21)18-11(2)22/h3,5,7,12H,4,6,8-9H2,1-2H3,(H,18,22). The Kier molecular flexibility index (Phi) is 4.16. The Labute approximate surface area is 134 Å². The summed E-state index contributed by atoms with van der Waals surface area (Å²) in [4.78, 5) is 22.3. The predicted molar refractivity (Wildman–Crippen MR) is 88.3 cm³/mol. The minimum Gasteiger partial charge on any atom is -0.354 e. The van der Waals surface area contributed by atoms with Crippen molar-refractivity contribution < 1.29 is 4.79 Å². The molecule has 0 aliphatic carbocycles. The van der Waals surface area contributed by atoms with E-state index < -0.39 is 0 Å². The molecule has 1 aromatic carbocycles. The van der Waals surface area contributed by atoms with Crippen LogP contribution in [-0.2, 0) is 4.79 Å². The number of para-hydroxylation sites is 1. The van der Waals surface area contributed by atoms with Crippen LogP contribution in [-0.4, -0.2) is 35.0 Å². The number of amides is 1. The van der Waals surface area contributed by atoms with Crippen LogP contribution in [0.1, 0.15) is 25.3 Å². The number of rotatable bonds is 2. The van der Waals surface area contributed by atoms with Crippen molar-refractivity contribution in [3.05, 3.63) is 29.0 Å². The summed E-state index contributed by atoms with van der Waals surface area (Å²) in [5.41, 5.74) is 1.97. The van der Waals surface area contributed by atoms with E-state index in [4.69, 9.17) is 11.6 Å². The average molecular weight is 319 g/mol. The Bertz CT molecular complexity index is 719. The molecule has 116 valence electrons. The summed E-state index contributed by atoms with van der Waals surface area (Å²) in [5, 5.41) is 4.27. The van der Waals surface area contributed by atoms with Gasteiger partial charge in [0.15, 0.2) is 0 Å². The molecular formula is C16H19ClN4O. The summed E-state index contributed by atoms with van der Waals surface area (Å²) in [6, 6.07) is 6.20. The molecule has 2 aromatic rings. The molecule has 1 saturated heterocycles. The van der Waals surface area contributed by atoms with Gasteiger partial charge in [0, 0.05) is 31.4 Å². The molecule has 22 heavy (non-hydrogen) atoms. The first kappa shape index (κ1) is 15.0. The average Bonchev–Trinajstić information content (AvgIpc) is 2.47. The SMILES string of the molecule is CC(=O)NC1CCCN(c2nc(Cl)nc3c(C)cccc23)C1. The molecule has 1 N–H and O–H groups in total. The second-order valence-corrected chi connectivity index (χ2v) is 6.11. The number of anilines is 1. The van der Waals surface area contributed by atoms with Crippen LogP contribution < -0.4 is 10.2 Å². The van der Waals surface area contributed by atoms with Crippen LogP contribution in [0.5, 0.6) is 0 Å². The van der Waals surface area contributed by atoms with Gasteiger partial charge >= 0.3 is 0 Å². The molecule has 6 heteroatoms. The van der Waals surface area contributed by atoms with Crippen LogP contribution in [0.2, 0.25) is 5.28 Å². The maximum atomic E-state index is 11.3. The van der Waals surface area contributed by atoms with E-state index >= 15 is 0 Å².